The van der Waals surface area contributed by atoms with Crippen molar-refractivity contribution in [3.63, 3.8) is 0 Å². The molecule has 0 spiro atoms. The molecule has 5 rings (SSSR count). The summed E-state index contributed by atoms with van der Waals surface area (Å²) in [6.45, 7) is 3.32. The molecule has 2 aliphatic rings. The number of ether oxygens (including phenoxy) is 1. The Bertz CT molecular complexity index is 1010. The molecular weight excluding hydrogens is 356 g/mol. The number of anilines is 1. The molecule has 3 aromatic rings. The van der Waals surface area contributed by atoms with Crippen LogP contribution in [-0.4, -0.2) is 45.6 Å². The molecule has 0 radical (unpaired) electrons. The zero-order valence-electron chi connectivity index (χ0n) is 15.8. The summed E-state index contributed by atoms with van der Waals surface area (Å²) in [5.41, 5.74) is 5.13. The minimum absolute atomic E-state index is 0.311. The van der Waals surface area contributed by atoms with Crippen molar-refractivity contribution < 1.29 is 9.53 Å². The lowest BCUT2D eigenvalue weighted by Gasteiger charge is -2.28. The second kappa shape index (κ2) is 6.79. The second-order valence-corrected chi connectivity index (χ2v) is 7.08. The van der Waals surface area contributed by atoms with Crippen LogP contribution in [0.15, 0.2) is 36.7 Å². The van der Waals surface area contributed by atoms with Gasteiger partial charge in [0.1, 0.15) is 5.69 Å². The first-order valence-corrected chi connectivity index (χ1v) is 9.54. The van der Waals surface area contributed by atoms with Crippen molar-refractivity contribution in [3.8, 4) is 17.2 Å². The summed E-state index contributed by atoms with van der Waals surface area (Å²) in [6.07, 6.45) is 5.30. The minimum atomic E-state index is -0.311. The lowest BCUT2D eigenvalue weighted by Crippen LogP contribution is -2.35. The van der Waals surface area contributed by atoms with Crippen molar-refractivity contribution in [2.45, 2.75) is 25.9 Å². The van der Waals surface area contributed by atoms with E-state index in [-0.39, 0.29) is 6.09 Å². The van der Waals surface area contributed by atoms with Crippen molar-refractivity contribution in [3.05, 3.63) is 47.9 Å². The van der Waals surface area contributed by atoms with Gasteiger partial charge in [0.15, 0.2) is 5.82 Å². The summed E-state index contributed by atoms with van der Waals surface area (Å²) in [7, 11) is 1.42. The SMILES string of the molecule is COC(=O)N1CCCc2cc(-n3ccnc3-c3cc4n(n3)CCNC4)ccc21. The number of rotatable bonds is 2. The van der Waals surface area contributed by atoms with Gasteiger partial charge in [-0.3, -0.25) is 14.1 Å². The quantitative estimate of drug-likeness (QED) is 0.741. The molecule has 0 saturated carbocycles. The van der Waals surface area contributed by atoms with Crippen LogP contribution in [0.3, 0.4) is 0 Å². The number of aryl methyl sites for hydroxylation is 1. The van der Waals surface area contributed by atoms with Crippen molar-refractivity contribution >= 4 is 11.8 Å². The first-order valence-electron chi connectivity index (χ1n) is 9.54. The number of carbonyl (C=O) groups excluding carboxylic acids is 1. The average Bonchev–Trinajstić information content (AvgIpc) is 3.39. The average molecular weight is 378 g/mol. The van der Waals surface area contributed by atoms with E-state index < -0.39 is 0 Å². The highest BCUT2D eigenvalue weighted by Crippen LogP contribution is 2.31. The maximum absolute atomic E-state index is 12.1. The Hall–Kier alpha value is -3.13. The molecule has 0 unspecified atom stereocenters. The number of aromatic nitrogens is 4. The fourth-order valence-electron chi connectivity index (χ4n) is 4.04. The minimum Gasteiger partial charge on any atom is -0.452 e. The number of methoxy groups -OCH3 is 1. The number of nitrogens with zero attached hydrogens (tertiary/aromatic N) is 5. The van der Waals surface area contributed by atoms with Crippen LogP contribution < -0.4 is 10.2 Å². The number of imidazole rings is 1. The van der Waals surface area contributed by atoms with Gasteiger partial charge in [0.25, 0.3) is 0 Å². The predicted octanol–water partition coefficient (Wildman–Crippen LogP) is 2.36. The van der Waals surface area contributed by atoms with Crippen LogP contribution in [0.1, 0.15) is 17.7 Å². The van der Waals surface area contributed by atoms with E-state index in [1.807, 2.05) is 23.0 Å². The first kappa shape index (κ1) is 17.0. The van der Waals surface area contributed by atoms with Crippen LogP contribution in [0, 0.1) is 0 Å². The third-order valence-corrected chi connectivity index (χ3v) is 5.39. The van der Waals surface area contributed by atoms with E-state index in [2.05, 4.69) is 27.0 Å². The van der Waals surface area contributed by atoms with E-state index in [4.69, 9.17) is 9.84 Å². The van der Waals surface area contributed by atoms with Gasteiger partial charge in [-0.05, 0) is 42.7 Å². The number of nitrogens with one attached hydrogen (secondary N) is 1. The maximum atomic E-state index is 12.1. The summed E-state index contributed by atoms with van der Waals surface area (Å²) in [5, 5.41) is 8.10. The van der Waals surface area contributed by atoms with E-state index in [9.17, 15) is 4.79 Å². The first-order chi connectivity index (χ1) is 13.7. The Labute approximate surface area is 162 Å². The van der Waals surface area contributed by atoms with Crippen molar-refractivity contribution in [2.24, 2.45) is 0 Å². The van der Waals surface area contributed by atoms with Crippen LogP contribution in [0.25, 0.3) is 17.2 Å². The van der Waals surface area contributed by atoms with E-state index in [1.54, 1.807) is 11.1 Å². The molecular formula is C20H22N6O2. The van der Waals surface area contributed by atoms with Crippen LogP contribution in [0.2, 0.25) is 0 Å². The molecule has 144 valence electrons. The number of hydrogen-bond acceptors (Lipinski definition) is 5. The van der Waals surface area contributed by atoms with Crippen molar-refractivity contribution in [1.29, 1.82) is 0 Å². The molecule has 0 fully saturated rings. The topological polar surface area (TPSA) is 77.2 Å². The number of benzene rings is 1. The summed E-state index contributed by atoms with van der Waals surface area (Å²) in [6, 6.07) is 8.24. The highest BCUT2D eigenvalue weighted by atomic mass is 16.5. The molecule has 1 amide bonds. The van der Waals surface area contributed by atoms with Crippen LogP contribution in [-0.2, 0) is 24.2 Å². The standard InChI is InChI=1S/C20H22N6O2/c1-28-20(27)25-8-2-3-14-11-15(4-5-18(14)25)24-9-7-22-19(24)17-12-16-13-21-6-10-26(16)23-17/h4-5,7,9,11-12,21H,2-3,6,8,10,13H2,1H3. The fraction of sp³-hybridized carbons (Fsp3) is 0.350. The number of fused-ring (bicyclic) bond motifs is 2. The highest BCUT2D eigenvalue weighted by Gasteiger charge is 2.24. The van der Waals surface area contributed by atoms with Gasteiger partial charge < -0.3 is 10.1 Å². The smallest absolute Gasteiger partial charge is 0.414 e. The van der Waals surface area contributed by atoms with Crippen LogP contribution >= 0.6 is 0 Å². The van der Waals surface area contributed by atoms with Gasteiger partial charge in [0, 0.05) is 37.7 Å². The van der Waals surface area contributed by atoms with Gasteiger partial charge in [-0.15, -0.1) is 0 Å². The molecule has 0 saturated heterocycles. The Balaban J connectivity index is 1.52. The monoisotopic (exact) mass is 378 g/mol. The molecule has 8 heteroatoms. The lowest BCUT2D eigenvalue weighted by atomic mass is 10.0. The van der Waals surface area contributed by atoms with E-state index >= 15 is 0 Å². The predicted molar refractivity (Wildman–Crippen MR) is 105 cm³/mol. The Morgan fingerprint density at radius 1 is 1.25 bits per heavy atom. The van der Waals surface area contributed by atoms with Gasteiger partial charge >= 0.3 is 6.09 Å². The zero-order valence-corrected chi connectivity index (χ0v) is 15.8. The van der Waals surface area contributed by atoms with E-state index in [0.717, 1.165) is 60.9 Å². The van der Waals surface area contributed by atoms with Crippen LogP contribution in [0.5, 0.6) is 0 Å². The van der Waals surface area contributed by atoms with Gasteiger partial charge in [-0.2, -0.15) is 5.10 Å². The number of carbonyl (C=O) groups is 1. The number of amides is 1. The van der Waals surface area contributed by atoms with Gasteiger partial charge in [0.05, 0.1) is 25.0 Å². The molecule has 4 heterocycles. The molecule has 0 atom stereocenters. The second-order valence-electron chi connectivity index (χ2n) is 7.08. The Morgan fingerprint density at radius 2 is 2.18 bits per heavy atom. The molecule has 8 nitrogen and oxygen atoms in total. The Kier molecular flexibility index (Phi) is 4.12. The third-order valence-electron chi connectivity index (χ3n) is 5.39. The van der Waals surface area contributed by atoms with Gasteiger partial charge in [0.2, 0.25) is 0 Å². The Morgan fingerprint density at radius 3 is 3.04 bits per heavy atom. The van der Waals surface area contributed by atoms with Crippen molar-refractivity contribution in [2.75, 3.05) is 25.1 Å². The third kappa shape index (κ3) is 2.77. The summed E-state index contributed by atoms with van der Waals surface area (Å²) in [4.78, 5) is 18.3. The molecule has 1 N–H and O–H groups in total. The largest absolute Gasteiger partial charge is 0.452 e. The highest BCUT2D eigenvalue weighted by molar-refractivity contribution is 5.89. The van der Waals surface area contributed by atoms with Gasteiger partial charge in [-0.1, -0.05) is 0 Å². The summed E-state index contributed by atoms with van der Waals surface area (Å²) >= 11 is 0. The fourth-order valence-corrected chi connectivity index (χ4v) is 4.04. The molecule has 2 aliphatic heterocycles. The molecule has 0 aliphatic carbocycles. The zero-order chi connectivity index (χ0) is 19.1. The lowest BCUT2D eigenvalue weighted by molar-refractivity contribution is 0.178. The van der Waals surface area contributed by atoms with Gasteiger partial charge in [-0.25, -0.2) is 9.78 Å². The molecule has 0 bridgehead atoms. The van der Waals surface area contributed by atoms with Crippen molar-refractivity contribution in [1.82, 2.24) is 24.6 Å². The van der Waals surface area contributed by atoms with E-state index in [1.165, 1.54) is 12.8 Å². The number of hydrogen-bond donors (Lipinski definition) is 1. The summed E-state index contributed by atoms with van der Waals surface area (Å²) in [5.74, 6) is 0.822. The van der Waals surface area contributed by atoms with Crippen LogP contribution in [0.4, 0.5) is 10.5 Å². The molecule has 1 aromatic carbocycles. The maximum Gasteiger partial charge on any atom is 0.414 e. The normalized spacial score (nSPS) is 15.8. The van der Waals surface area contributed by atoms with E-state index in [0.29, 0.717) is 6.54 Å². The molecule has 28 heavy (non-hydrogen) atoms. The summed E-state index contributed by atoms with van der Waals surface area (Å²) < 4.78 is 9.02. The molecule has 2 aromatic heterocycles.